The number of nitrogens with zero attached hydrogens (tertiary/aromatic N) is 4. The van der Waals surface area contributed by atoms with Gasteiger partial charge in [-0.3, -0.25) is 0 Å². The highest BCUT2D eigenvalue weighted by Gasteiger charge is 2.20. The Morgan fingerprint density at radius 2 is 1.73 bits per heavy atom. The third-order valence-electron chi connectivity index (χ3n) is 3.70. The first-order valence-electron chi connectivity index (χ1n) is 6.99. The van der Waals surface area contributed by atoms with E-state index in [2.05, 4.69) is 9.88 Å². The Balaban J connectivity index is 1.71. The van der Waals surface area contributed by atoms with Gasteiger partial charge >= 0.3 is 0 Å². The Kier molecular flexibility index (Phi) is 3.88. The van der Waals surface area contributed by atoms with E-state index in [0.29, 0.717) is 37.6 Å². The van der Waals surface area contributed by atoms with Gasteiger partial charge in [0.2, 0.25) is 0 Å². The van der Waals surface area contributed by atoms with Gasteiger partial charge in [0.1, 0.15) is 29.2 Å². The second-order valence-electron chi connectivity index (χ2n) is 5.06. The van der Waals surface area contributed by atoms with Crippen LogP contribution in [-0.2, 0) is 0 Å². The maximum absolute atomic E-state index is 13.8. The molecule has 0 bridgehead atoms. The average Bonchev–Trinajstić information content (AvgIpc) is 2.55. The minimum absolute atomic E-state index is 0.379. The number of benzene rings is 1. The zero-order valence-corrected chi connectivity index (χ0v) is 11.8. The summed E-state index contributed by atoms with van der Waals surface area (Å²) in [6.07, 6.45) is 0. The molecule has 0 N–H and O–H groups in total. The highest BCUT2D eigenvalue weighted by atomic mass is 19.1. The number of halogens is 2. The van der Waals surface area contributed by atoms with E-state index in [9.17, 15) is 8.78 Å². The fourth-order valence-corrected chi connectivity index (χ4v) is 2.58. The molecule has 22 heavy (non-hydrogen) atoms. The first-order chi connectivity index (χ1) is 10.7. The lowest BCUT2D eigenvalue weighted by Crippen LogP contribution is -2.47. The summed E-state index contributed by atoms with van der Waals surface area (Å²) in [5, 5.41) is 8.89. The summed E-state index contributed by atoms with van der Waals surface area (Å²) in [5.74, 6) is -0.367. The number of rotatable bonds is 2. The van der Waals surface area contributed by atoms with E-state index >= 15 is 0 Å². The Morgan fingerprint density at radius 1 is 1.00 bits per heavy atom. The van der Waals surface area contributed by atoms with Crippen LogP contribution >= 0.6 is 0 Å². The van der Waals surface area contributed by atoms with Crippen molar-refractivity contribution in [3.05, 3.63) is 53.7 Å². The van der Waals surface area contributed by atoms with Crippen LogP contribution < -0.4 is 9.80 Å². The molecular formula is C16H14F2N4. The predicted molar refractivity (Wildman–Crippen MR) is 79.7 cm³/mol. The molecule has 112 valence electrons. The van der Waals surface area contributed by atoms with E-state index in [1.165, 1.54) is 12.1 Å². The summed E-state index contributed by atoms with van der Waals surface area (Å²) in [5.41, 5.74) is 0.796. The van der Waals surface area contributed by atoms with Gasteiger partial charge in [-0.25, -0.2) is 13.8 Å². The molecule has 3 rings (SSSR count). The van der Waals surface area contributed by atoms with E-state index in [0.717, 1.165) is 11.9 Å². The summed E-state index contributed by atoms with van der Waals surface area (Å²) in [4.78, 5) is 8.21. The van der Waals surface area contributed by atoms with Crippen LogP contribution in [0.15, 0.2) is 36.4 Å². The van der Waals surface area contributed by atoms with Crippen molar-refractivity contribution in [3.8, 4) is 6.07 Å². The molecular weight excluding hydrogens is 286 g/mol. The molecule has 2 aromatic rings. The number of anilines is 2. The summed E-state index contributed by atoms with van der Waals surface area (Å²) < 4.78 is 26.8. The lowest BCUT2D eigenvalue weighted by Gasteiger charge is -2.36. The Labute approximate surface area is 127 Å². The minimum atomic E-state index is -0.572. The lowest BCUT2D eigenvalue weighted by atomic mass is 10.2. The van der Waals surface area contributed by atoms with Gasteiger partial charge in [0.15, 0.2) is 0 Å². The van der Waals surface area contributed by atoms with Gasteiger partial charge in [0, 0.05) is 32.2 Å². The fourth-order valence-electron chi connectivity index (χ4n) is 2.58. The molecule has 0 radical (unpaired) electrons. The van der Waals surface area contributed by atoms with E-state index in [-0.39, 0.29) is 0 Å². The second-order valence-corrected chi connectivity index (χ2v) is 5.06. The van der Waals surface area contributed by atoms with Crippen molar-refractivity contribution >= 4 is 11.5 Å². The van der Waals surface area contributed by atoms with Crippen LogP contribution in [0.2, 0.25) is 0 Å². The second kappa shape index (κ2) is 5.98. The van der Waals surface area contributed by atoms with E-state index in [4.69, 9.17) is 5.26 Å². The molecule has 1 aromatic carbocycles. The maximum Gasteiger partial charge on any atom is 0.149 e. The molecule has 1 fully saturated rings. The topological polar surface area (TPSA) is 43.2 Å². The summed E-state index contributed by atoms with van der Waals surface area (Å²) in [6, 6.07) is 11.0. The third kappa shape index (κ3) is 2.84. The van der Waals surface area contributed by atoms with Crippen LogP contribution in [0.3, 0.4) is 0 Å². The van der Waals surface area contributed by atoms with Crippen molar-refractivity contribution in [2.75, 3.05) is 36.0 Å². The molecule has 6 heteroatoms. The van der Waals surface area contributed by atoms with E-state index < -0.39 is 11.6 Å². The van der Waals surface area contributed by atoms with Crippen LogP contribution in [0.1, 0.15) is 5.69 Å². The largest absolute Gasteiger partial charge is 0.366 e. The van der Waals surface area contributed by atoms with Crippen LogP contribution in [0, 0.1) is 23.0 Å². The van der Waals surface area contributed by atoms with E-state index in [1.807, 2.05) is 17.0 Å². The molecule has 0 spiro atoms. The van der Waals surface area contributed by atoms with Gasteiger partial charge in [-0.2, -0.15) is 5.26 Å². The van der Waals surface area contributed by atoms with Crippen molar-refractivity contribution in [2.45, 2.75) is 0 Å². The number of hydrogen-bond donors (Lipinski definition) is 0. The number of hydrogen-bond acceptors (Lipinski definition) is 4. The monoisotopic (exact) mass is 300 g/mol. The smallest absolute Gasteiger partial charge is 0.149 e. The quantitative estimate of drug-likeness (QED) is 0.855. The molecule has 1 aliphatic heterocycles. The van der Waals surface area contributed by atoms with Crippen LogP contribution in [0.25, 0.3) is 0 Å². The first kappa shape index (κ1) is 14.3. The SMILES string of the molecule is N#Cc1cccc(N2CCN(c3ccc(F)cc3F)CC2)n1. The predicted octanol–water partition coefficient (Wildman–Crippen LogP) is 2.56. The van der Waals surface area contributed by atoms with Gasteiger partial charge in [0.25, 0.3) is 0 Å². The molecule has 1 aromatic heterocycles. The summed E-state index contributed by atoms with van der Waals surface area (Å²) in [7, 11) is 0. The van der Waals surface area contributed by atoms with Crippen molar-refractivity contribution < 1.29 is 8.78 Å². The molecule has 0 atom stereocenters. The van der Waals surface area contributed by atoms with Gasteiger partial charge in [-0.05, 0) is 24.3 Å². The number of pyridine rings is 1. The lowest BCUT2D eigenvalue weighted by molar-refractivity contribution is 0.570. The molecule has 0 amide bonds. The van der Waals surface area contributed by atoms with E-state index in [1.54, 1.807) is 12.1 Å². The molecule has 0 unspecified atom stereocenters. The van der Waals surface area contributed by atoms with Crippen molar-refractivity contribution in [3.63, 3.8) is 0 Å². The zero-order chi connectivity index (χ0) is 15.5. The normalized spacial score (nSPS) is 14.8. The van der Waals surface area contributed by atoms with Gasteiger partial charge in [0.05, 0.1) is 5.69 Å². The van der Waals surface area contributed by atoms with Crippen molar-refractivity contribution in [1.29, 1.82) is 5.26 Å². The van der Waals surface area contributed by atoms with Crippen molar-refractivity contribution in [2.24, 2.45) is 0 Å². The first-order valence-corrected chi connectivity index (χ1v) is 6.99. The molecule has 0 aliphatic carbocycles. The Morgan fingerprint density at radius 3 is 2.41 bits per heavy atom. The maximum atomic E-state index is 13.8. The van der Waals surface area contributed by atoms with Gasteiger partial charge in [-0.15, -0.1) is 0 Å². The minimum Gasteiger partial charge on any atom is -0.366 e. The Hall–Kier alpha value is -2.68. The Bertz CT molecular complexity index is 718. The molecule has 4 nitrogen and oxygen atoms in total. The third-order valence-corrected chi connectivity index (χ3v) is 3.70. The molecule has 2 heterocycles. The summed E-state index contributed by atoms with van der Waals surface area (Å²) in [6.45, 7) is 2.55. The number of nitriles is 1. The van der Waals surface area contributed by atoms with Crippen LogP contribution in [-0.4, -0.2) is 31.2 Å². The average molecular weight is 300 g/mol. The van der Waals surface area contributed by atoms with Crippen LogP contribution in [0.4, 0.5) is 20.3 Å². The standard InChI is InChI=1S/C16H14F2N4/c17-12-4-5-15(14(18)10-12)21-6-8-22(9-7-21)16-3-1-2-13(11-19)20-16/h1-5,10H,6-9H2. The zero-order valence-electron chi connectivity index (χ0n) is 11.8. The van der Waals surface area contributed by atoms with Crippen molar-refractivity contribution in [1.82, 2.24) is 4.98 Å². The number of piperazine rings is 1. The molecule has 1 saturated heterocycles. The fraction of sp³-hybridized carbons (Fsp3) is 0.250. The molecule has 0 saturated carbocycles. The highest BCUT2D eigenvalue weighted by molar-refractivity contribution is 5.51. The van der Waals surface area contributed by atoms with Crippen LogP contribution in [0.5, 0.6) is 0 Å². The highest BCUT2D eigenvalue weighted by Crippen LogP contribution is 2.23. The number of aromatic nitrogens is 1. The van der Waals surface area contributed by atoms with Gasteiger partial charge < -0.3 is 9.80 Å². The van der Waals surface area contributed by atoms with Gasteiger partial charge in [-0.1, -0.05) is 6.07 Å². The summed E-state index contributed by atoms with van der Waals surface area (Å²) >= 11 is 0. The molecule has 1 aliphatic rings.